The smallest absolute Gasteiger partial charge is 0.0420 e. The molecule has 0 atom stereocenters. The summed E-state index contributed by atoms with van der Waals surface area (Å²) in [7, 11) is 0. The first-order chi connectivity index (χ1) is 7.25. The highest BCUT2D eigenvalue weighted by Gasteiger charge is 2.07. The predicted molar refractivity (Wildman–Crippen MR) is 72.0 cm³/mol. The molecular weight excluding hydrogens is 292 g/mol. The monoisotopic (exact) mass is 296 g/mol. The summed E-state index contributed by atoms with van der Waals surface area (Å²) in [6.45, 7) is 0. The third-order valence-electron chi connectivity index (χ3n) is 2.41. The lowest BCUT2D eigenvalue weighted by molar-refractivity contribution is 1.79. The lowest BCUT2D eigenvalue weighted by Crippen LogP contribution is -1.68. The van der Waals surface area contributed by atoms with E-state index in [4.69, 9.17) is 11.6 Å². The average molecular weight is 298 g/mol. The zero-order valence-corrected chi connectivity index (χ0v) is 10.8. The number of benzene rings is 2. The number of thiophene rings is 1. The van der Waals surface area contributed by atoms with Gasteiger partial charge in [0.2, 0.25) is 0 Å². The summed E-state index contributed by atoms with van der Waals surface area (Å²) in [6.07, 6.45) is 0. The fraction of sp³-hybridized carbons (Fsp3) is 0. The van der Waals surface area contributed by atoms with Gasteiger partial charge in [-0.05, 0) is 24.3 Å². The molecule has 0 aliphatic rings. The Hall–Kier alpha value is -0.570. The maximum atomic E-state index is 5.98. The molecule has 3 heteroatoms. The van der Waals surface area contributed by atoms with Crippen LogP contribution in [0.5, 0.6) is 0 Å². The van der Waals surface area contributed by atoms with Crippen molar-refractivity contribution in [2.45, 2.75) is 0 Å². The Balaban J connectivity index is 2.59. The molecule has 0 saturated heterocycles. The number of rotatable bonds is 0. The van der Waals surface area contributed by atoms with Crippen molar-refractivity contribution in [3.63, 3.8) is 0 Å². The van der Waals surface area contributed by atoms with E-state index in [0.29, 0.717) is 0 Å². The quantitative estimate of drug-likeness (QED) is 0.516. The van der Waals surface area contributed by atoms with Crippen molar-refractivity contribution in [3.8, 4) is 0 Å². The van der Waals surface area contributed by atoms with Gasteiger partial charge in [-0.15, -0.1) is 11.3 Å². The second-order valence-corrected chi connectivity index (χ2v) is 5.73. The van der Waals surface area contributed by atoms with Crippen LogP contribution in [0.15, 0.2) is 40.9 Å². The van der Waals surface area contributed by atoms with Gasteiger partial charge in [0.05, 0.1) is 0 Å². The summed E-state index contributed by atoms with van der Waals surface area (Å²) in [5.41, 5.74) is 0. The lowest BCUT2D eigenvalue weighted by atomic mass is 10.1. The predicted octanol–water partition coefficient (Wildman–Crippen LogP) is 5.47. The van der Waals surface area contributed by atoms with Crippen LogP contribution < -0.4 is 0 Å². The van der Waals surface area contributed by atoms with Crippen LogP contribution >= 0.6 is 38.9 Å². The SMILES string of the molecule is Clc1ccc2c(c1)sc1cccc(Br)c12. The first kappa shape index (κ1) is 9.64. The summed E-state index contributed by atoms with van der Waals surface area (Å²) in [5, 5.41) is 3.35. The normalized spacial score (nSPS) is 11.3. The van der Waals surface area contributed by atoms with E-state index in [0.717, 1.165) is 9.50 Å². The van der Waals surface area contributed by atoms with Crippen molar-refractivity contribution in [1.82, 2.24) is 0 Å². The first-order valence-corrected chi connectivity index (χ1v) is 6.51. The Morgan fingerprint density at radius 2 is 1.93 bits per heavy atom. The van der Waals surface area contributed by atoms with Gasteiger partial charge in [0.1, 0.15) is 0 Å². The summed E-state index contributed by atoms with van der Waals surface area (Å²) in [6, 6.07) is 12.3. The zero-order chi connectivity index (χ0) is 10.4. The van der Waals surface area contributed by atoms with Gasteiger partial charge in [-0.2, -0.15) is 0 Å². The maximum absolute atomic E-state index is 5.98. The molecule has 0 radical (unpaired) electrons. The number of halogens is 2. The van der Waals surface area contributed by atoms with Crippen molar-refractivity contribution in [1.29, 1.82) is 0 Å². The van der Waals surface area contributed by atoms with Crippen LogP contribution in [0.25, 0.3) is 20.2 Å². The Bertz CT molecular complexity index is 657. The molecule has 0 unspecified atom stereocenters. The van der Waals surface area contributed by atoms with Gasteiger partial charge in [-0.3, -0.25) is 0 Å². The van der Waals surface area contributed by atoms with Gasteiger partial charge in [0.15, 0.2) is 0 Å². The minimum Gasteiger partial charge on any atom is -0.135 e. The van der Waals surface area contributed by atoms with Crippen molar-refractivity contribution >= 4 is 59.0 Å². The number of hydrogen-bond acceptors (Lipinski definition) is 1. The summed E-state index contributed by atoms with van der Waals surface area (Å²) < 4.78 is 3.68. The summed E-state index contributed by atoms with van der Waals surface area (Å²) >= 11 is 11.3. The van der Waals surface area contributed by atoms with Gasteiger partial charge in [0, 0.05) is 29.7 Å². The number of fused-ring (bicyclic) bond motifs is 3. The van der Waals surface area contributed by atoms with Gasteiger partial charge in [-0.25, -0.2) is 0 Å². The Labute approximate surface area is 105 Å². The Morgan fingerprint density at radius 1 is 1.07 bits per heavy atom. The highest BCUT2D eigenvalue weighted by molar-refractivity contribution is 9.10. The van der Waals surface area contributed by atoms with Crippen LogP contribution in [0, 0.1) is 0 Å². The van der Waals surface area contributed by atoms with Crippen LogP contribution in [0.4, 0.5) is 0 Å². The van der Waals surface area contributed by atoms with Gasteiger partial charge in [0.25, 0.3) is 0 Å². The van der Waals surface area contributed by atoms with Crippen molar-refractivity contribution < 1.29 is 0 Å². The molecular formula is C12H6BrClS. The molecule has 74 valence electrons. The minimum atomic E-state index is 0.796. The second kappa shape index (κ2) is 3.48. The van der Waals surface area contributed by atoms with Gasteiger partial charge in [-0.1, -0.05) is 39.7 Å². The van der Waals surface area contributed by atoms with E-state index in [9.17, 15) is 0 Å². The first-order valence-electron chi connectivity index (χ1n) is 4.52. The average Bonchev–Trinajstić information content (AvgIpc) is 2.56. The summed E-state index contributed by atoms with van der Waals surface area (Å²) in [5.74, 6) is 0. The molecule has 0 saturated carbocycles. The molecule has 3 aromatic rings. The van der Waals surface area contributed by atoms with E-state index in [1.54, 1.807) is 11.3 Å². The molecule has 1 heterocycles. The third-order valence-corrected chi connectivity index (χ3v) is 4.42. The van der Waals surface area contributed by atoms with E-state index in [-0.39, 0.29) is 0 Å². The topological polar surface area (TPSA) is 0 Å². The second-order valence-electron chi connectivity index (χ2n) is 3.36. The van der Waals surface area contributed by atoms with Crippen molar-refractivity contribution in [2.75, 3.05) is 0 Å². The van der Waals surface area contributed by atoms with Crippen LogP contribution in [0.2, 0.25) is 5.02 Å². The fourth-order valence-electron chi connectivity index (χ4n) is 1.76. The van der Waals surface area contributed by atoms with Crippen molar-refractivity contribution in [2.24, 2.45) is 0 Å². The largest absolute Gasteiger partial charge is 0.135 e. The molecule has 0 N–H and O–H groups in total. The van der Waals surface area contributed by atoms with E-state index in [2.05, 4.69) is 40.2 Å². The van der Waals surface area contributed by atoms with E-state index in [1.165, 1.54) is 20.2 Å². The molecule has 3 rings (SSSR count). The molecule has 0 nitrogen and oxygen atoms in total. The molecule has 0 amide bonds. The van der Waals surface area contributed by atoms with E-state index in [1.807, 2.05) is 12.1 Å². The molecule has 2 aromatic carbocycles. The molecule has 0 aliphatic heterocycles. The minimum absolute atomic E-state index is 0.796. The molecule has 0 aliphatic carbocycles. The number of hydrogen-bond donors (Lipinski definition) is 0. The molecule has 0 spiro atoms. The Morgan fingerprint density at radius 3 is 2.80 bits per heavy atom. The molecule has 0 fully saturated rings. The Kier molecular flexibility index (Phi) is 2.23. The summed E-state index contributed by atoms with van der Waals surface area (Å²) in [4.78, 5) is 0. The van der Waals surface area contributed by atoms with Gasteiger partial charge < -0.3 is 0 Å². The standard InChI is InChI=1S/C12H6BrClS/c13-9-2-1-3-10-12(9)8-5-4-7(14)6-11(8)15-10/h1-6H. The highest BCUT2D eigenvalue weighted by Crippen LogP contribution is 2.38. The zero-order valence-electron chi connectivity index (χ0n) is 7.63. The highest BCUT2D eigenvalue weighted by atomic mass is 79.9. The third kappa shape index (κ3) is 1.48. The molecule has 0 bridgehead atoms. The van der Waals surface area contributed by atoms with Gasteiger partial charge >= 0.3 is 0 Å². The molecule has 1 aromatic heterocycles. The maximum Gasteiger partial charge on any atom is 0.0420 e. The lowest BCUT2D eigenvalue weighted by Gasteiger charge is -1.94. The van der Waals surface area contributed by atoms with E-state index >= 15 is 0 Å². The van der Waals surface area contributed by atoms with E-state index < -0.39 is 0 Å². The molecule has 15 heavy (non-hydrogen) atoms. The van der Waals surface area contributed by atoms with Crippen LogP contribution in [0.1, 0.15) is 0 Å². The fourth-order valence-corrected chi connectivity index (χ4v) is 3.88. The van der Waals surface area contributed by atoms with Crippen molar-refractivity contribution in [3.05, 3.63) is 45.9 Å². The van der Waals surface area contributed by atoms with Crippen LogP contribution in [0.3, 0.4) is 0 Å². The van der Waals surface area contributed by atoms with Crippen LogP contribution in [-0.2, 0) is 0 Å². The van der Waals surface area contributed by atoms with Crippen LogP contribution in [-0.4, -0.2) is 0 Å².